The van der Waals surface area contributed by atoms with E-state index in [0.29, 0.717) is 17.1 Å². The maximum absolute atomic E-state index is 11.0. The summed E-state index contributed by atoms with van der Waals surface area (Å²) in [4.78, 5) is 11.0. The SMILES string of the molecule is O=CN(N=Cc1ccccc1)c1ccc(Cl)cc1. The quantitative estimate of drug-likeness (QED) is 0.470. The number of carbonyl (C=O) groups excluding carboxylic acids is 1. The smallest absolute Gasteiger partial charge is 0.234 e. The van der Waals surface area contributed by atoms with Gasteiger partial charge in [-0.05, 0) is 29.8 Å². The zero-order valence-electron chi connectivity index (χ0n) is 9.53. The van der Waals surface area contributed by atoms with E-state index in [-0.39, 0.29) is 0 Å². The van der Waals surface area contributed by atoms with E-state index < -0.39 is 0 Å². The van der Waals surface area contributed by atoms with Gasteiger partial charge in [0.05, 0.1) is 11.9 Å². The number of rotatable bonds is 4. The Labute approximate surface area is 110 Å². The van der Waals surface area contributed by atoms with Crippen molar-refractivity contribution < 1.29 is 4.79 Å². The summed E-state index contributed by atoms with van der Waals surface area (Å²) in [7, 11) is 0. The molecule has 3 nitrogen and oxygen atoms in total. The maximum Gasteiger partial charge on any atom is 0.234 e. The number of halogens is 1. The molecule has 0 saturated carbocycles. The molecular formula is C14H11ClN2O. The molecule has 0 radical (unpaired) electrons. The Morgan fingerprint density at radius 2 is 1.67 bits per heavy atom. The first-order chi connectivity index (χ1) is 8.79. The summed E-state index contributed by atoms with van der Waals surface area (Å²) in [6, 6.07) is 16.5. The summed E-state index contributed by atoms with van der Waals surface area (Å²) in [5.41, 5.74) is 1.60. The highest BCUT2D eigenvalue weighted by atomic mass is 35.5. The normalized spacial score (nSPS) is 10.5. The molecule has 0 spiro atoms. The van der Waals surface area contributed by atoms with E-state index in [1.54, 1.807) is 30.5 Å². The first kappa shape index (κ1) is 12.3. The molecule has 2 aromatic carbocycles. The summed E-state index contributed by atoms with van der Waals surface area (Å²) >= 11 is 5.79. The molecule has 4 heteroatoms. The lowest BCUT2D eigenvalue weighted by atomic mass is 10.2. The van der Waals surface area contributed by atoms with Crippen LogP contribution < -0.4 is 5.01 Å². The molecular weight excluding hydrogens is 248 g/mol. The summed E-state index contributed by atoms with van der Waals surface area (Å²) < 4.78 is 0. The van der Waals surface area contributed by atoms with Crippen molar-refractivity contribution in [3.8, 4) is 0 Å². The van der Waals surface area contributed by atoms with E-state index in [4.69, 9.17) is 11.6 Å². The van der Waals surface area contributed by atoms with Gasteiger partial charge in [-0.15, -0.1) is 0 Å². The van der Waals surface area contributed by atoms with Crippen LogP contribution in [-0.2, 0) is 4.79 Å². The third kappa shape index (κ3) is 3.18. The van der Waals surface area contributed by atoms with Crippen molar-refractivity contribution in [1.82, 2.24) is 0 Å². The molecule has 0 unspecified atom stereocenters. The minimum absolute atomic E-state index is 0.622. The Bertz CT molecular complexity index is 537. The first-order valence-electron chi connectivity index (χ1n) is 5.39. The Morgan fingerprint density at radius 3 is 2.28 bits per heavy atom. The van der Waals surface area contributed by atoms with Crippen molar-refractivity contribution in [2.75, 3.05) is 5.01 Å². The van der Waals surface area contributed by atoms with E-state index in [2.05, 4.69) is 5.10 Å². The van der Waals surface area contributed by atoms with Crippen LogP contribution in [0.3, 0.4) is 0 Å². The van der Waals surface area contributed by atoms with Crippen molar-refractivity contribution in [2.45, 2.75) is 0 Å². The zero-order valence-corrected chi connectivity index (χ0v) is 10.3. The molecule has 90 valence electrons. The Hall–Kier alpha value is -2.13. The molecule has 2 aromatic rings. The summed E-state index contributed by atoms with van der Waals surface area (Å²) in [6.45, 7) is 0. The first-order valence-corrected chi connectivity index (χ1v) is 5.76. The van der Waals surface area contributed by atoms with Crippen molar-refractivity contribution in [3.63, 3.8) is 0 Å². The number of amides is 1. The predicted octanol–water partition coefficient (Wildman–Crippen LogP) is 3.34. The van der Waals surface area contributed by atoms with Gasteiger partial charge in [0.1, 0.15) is 0 Å². The van der Waals surface area contributed by atoms with Crippen LogP contribution in [0.25, 0.3) is 0 Å². The monoisotopic (exact) mass is 258 g/mol. The molecule has 0 N–H and O–H groups in total. The minimum atomic E-state index is 0.622. The Morgan fingerprint density at radius 1 is 1.00 bits per heavy atom. The van der Waals surface area contributed by atoms with Gasteiger partial charge in [0.25, 0.3) is 0 Å². The molecule has 1 amide bonds. The molecule has 0 heterocycles. The molecule has 0 aliphatic heterocycles. The molecule has 0 bridgehead atoms. The lowest BCUT2D eigenvalue weighted by Crippen LogP contribution is -2.13. The van der Waals surface area contributed by atoms with Gasteiger partial charge in [-0.3, -0.25) is 4.79 Å². The van der Waals surface area contributed by atoms with E-state index >= 15 is 0 Å². The minimum Gasteiger partial charge on any atom is -0.276 e. The fourth-order valence-corrected chi connectivity index (χ4v) is 1.54. The number of hydrogen-bond donors (Lipinski definition) is 0. The van der Waals surface area contributed by atoms with Gasteiger partial charge < -0.3 is 0 Å². The second-order valence-electron chi connectivity index (χ2n) is 3.58. The van der Waals surface area contributed by atoms with E-state index in [0.717, 1.165) is 5.56 Å². The van der Waals surface area contributed by atoms with Crippen molar-refractivity contribution in [3.05, 3.63) is 65.2 Å². The standard InChI is InChI=1S/C14H11ClN2O/c15-13-6-8-14(9-7-13)17(11-18)16-10-12-4-2-1-3-5-12/h1-11H. The lowest BCUT2D eigenvalue weighted by Gasteiger charge is -2.10. The number of hydrogen-bond acceptors (Lipinski definition) is 2. The molecule has 0 aliphatic carbocycles. The molecule has 0 atom stereocenters. The van der Waals surface area contributed by atoms with E-state index in [1.165, 1.54) is 5.01 Å². The van der Waals surface area contributed by atoms with Crippen molar-refractivity contribution >= 4 is 29.9 Å². The van der Waals surface area contributed by atoms with Crippen LogP contribution in [0, 0.1) is 0 Å². The second kappa shape index (κ2) is 5.98. The maximum atomic E-state index is 11.0. The van der Waals surface area contributed by atoms with Crippen LogP contribution in [0.15, 0.2) is 59.7 Å². The van der Waals surface area contributed by atoms with Crippen LogP contribution in [0.5, 0.6) is 0 Å². The van der Waals surface area contributed by atoms with Gasteiger partial charge in [0, 0.05) is 5.02 Å². The largest absolute Gasteiger partial charge is 0.276 e. The number of benzene rings is 2. The number of hydrazone groups is 1. The fraction of sp³-hybridized carbons (Fsp3) is 0. The van der Waals surface area contributed by atoms with Gasteiger partial charge in [-0.25, -0.2) is 5.01 Å². The van der Waals surface area contributed by atoms with Gasteiger partial charge in [-0.2, -0.15) is 5.10 Å². The topological polar surface area (TPSA) is 32.7 Å². The highest BCUT2D eigenvalue weighted by molar-refractivity contribution is 6.30. The number of anilines is 1. The summed E-state index contributed by atoms with van der Waals surface area (Å²) in [5.74, 6) is 0. The highest BCUT2D eigenvalue weighted by Crippen LogP contribution is 2.17. The average molecular weight is 259 g/mol. The van der Waals surface area contributed by atoms with Gasteiger partial charge >= 0.3 is 0 Å². The summed E-state index contributed by atoms with van der Waals surface area (Å²) in [5, 5.41) is 5.98. The molecule has 0 aromatic heterocycles. The Balaban J connectivity index is 2.17. The molecule has 0 aliphatic rings. The zero-order chi connectivity index (χ0) is 12.8. The van der Waals surface area contributed by atoms with Gasteiger partial charge in [-0.1, -0.05) is 41.9 Å². The van der Waals surface area contributed by atoms with Gasteiger partial charge in [0.15, 0.2) is 0 Å². The van der Waals surface area contributed by atoms with Crippen LogP contribution in [0.1, 0.15) is 5.56 Å². The molecule has 2 rings (SSSR count). The van der Waals surface area contributed by atoms with E-state index in [9.17, 15) is 4.79 Å². The molecule has 18 heavy (non-hydrogen) atoms. The van der Waals surface area contributed by atoms with Crippen molar-refractivity contribution in [1.29, 1.82) is 0 Å². The second-order valence-corrected chi connectivity index (χ2v) is 4.02. The molecule has 0 saturated heterocycles. The van der Waals surface area contributed by atoms with Crippen LogP contribution in [-0.4, -0.2) is 12.6 Å². The van der Waals surface area contributed by atoms with Gasteiger partial charge in [0.2, 0.25) is 6.41 Å². The fourth-order valence-electron chi connectivity index (χ4n) is 1.42. The van der Waals surface area contributed by atoms with E-state index in [1.807, 2.05) is 30.3 Å². The number of nitrogens with zero attached hydrogens (tertiary/aromatic N) is 2. The predicted molar refractivity (Wildman–Crippen MR) is 74.0 cm³/mol. The molecule has 0 fully saturated rings. The third-order valence-corrected chi connectivity index (χ3v) is 2.57. The lowest BCUT2D eigenvalue weighted by molar-refractivity contribution is -0.107. The van der Waals surface area contributed by atoms with Crippen LogP contribution >= 0.6 is 11.6 Å². The highest BCUT2D eigenvalue weighted by Gasteiger charge is 2.01. The average Bonchev–Trinajstić information content (AvgIpc) is 2.42. The Kier molecular flexibility index (Phi) is 4.10. The number of carbonyl (C=O) groups is 1. The van der Waals surface area contributed by atoms with Crippen LogP contribution in [0.4, 0.5) is 5.69 Å². The third-order valence-electron chi connectivity index (χ3n) is 2.32. The summed E-state index contributed by atoms with van der Waals surface area (Å²) in [6.07, 6.45) is 2.28. The van der Waals surface area contributed by atoms with Crippen LogP contribution in [0.2, 0.25) is 5.02 Å². The van der Waals surface area contributed by atoms with Crippen molar-refractivity contribution in [2.24, 2.45) is 5.10 Å².